The summed E-state index contributed by atoms with van der Waals surface area (Å²) in [5.41, 5.74) is 18.6. The lowest BCUT2D eigenvalue weighted by atomic mass is 9.67. The first kappa shape index (κ1) is 38.7. The molecule has 0 saturated carbocycles. The monoisotopic (exact) mass is 852 g/mol. The Morgan fingerprint density at radius 2 is 0.866 bits per heavy atom. The van der Waals surface area contributed by atoms with E-state index >= 15 is 0 Å². The van der Waals surface area contributed by atoms with E-state index in [-0.39, 0.29) is 0 Å². The number of aromatic nitrogens is 1. The van der Waals surface area contributed by atoms with Crippen molar-refractivity contribution >= 4 is 49.6 Å². The Morgan fingerprint density at radius 1 is 0.313 bits per heavy atom. The van der Waals surface area contributed by atoms with Gasteiger partial charge in [0.1, 0.15) is 0 Å². The molecular weight excluding hydrogens is 809 g/mol. The van der Waals surface area contributed by atoms with Crippen LogP contribution in [0.3, 0.4) is 0 Å². The van der Waals surface area contributed by atoms with E-state index < -0.39 is 5.41 Å². The van der Waals surface area contributed by atoms with Gasteiger partial charge in [-0.15, -0.1) is 0 Å². The summed E-state index contributed by atoms with van der Waals surface area (Å²) in [5.74, 6) is 0. The molecule has 0 fully saturated rings. The maximum Gasteiger partial charge on any atom is 0.0714 e. The summed E-state index contributed by atoms with van der Waals surface area (Å²) in [6.07, 6.45) is 0. The van der Waals surface area contributed by atoms with Gasteiger partial charge in [-0.05, 0) is 133 Å². The average molecular weight is 853 g/mol. The highest BCUT2D eigenvalue weighted by Crippen LogP contribution is 2.59. The van der Waals surface area contributed by atoms with E-state index in [1.165, 1.54) is 82.6 Å². The molecule has 1 aromatic heterocycles. The second kappa shape index (κ2) is 15.8. The van der Waals surface area contributed by atoms with E-state index in [0.29, 0.717) is 0 Å². The fourth-order valence-electron chi connectivity index (χ4n) is 11.1. The van der Waals surface area contributed by atoms with Gasteiger partial charge in [0.05, 0.1) is 16.4 Å². The fraction of sp³-hybridized carbons (Fsp3) is 0.0154. The van der Waals surface area contributed by atoms with Crippen molar-refractivity contribution in [3.8, 4) is 39.1 Å². The Kier molecular flexibility index (Phi) is 9.11. The Balaban J connectivity index is 1.03. The Hall–Kier alpha value is -8.72. The Morgan fingerprint density at radius 3 is 1.61 bits per heavy atom. The minimum Gasteiger partial charge on any atom is -0.310 e. The third-order valence-electron chi connectivity index (χ3n) is 14.0. The molecule has 0 radical (unpaired) electrons. The van der Waals surface area contributed by atoms with Gasteiger partial charge in [-0.2, -0.15) is 0 Å². The van der Waals surface area contributed by atoms with E-state index in [9.17, 15) is 0 Å². The lowest BCUT2D eigenvalue weighted by molar-refractivity contribution is 0.769. The van der Waals surface area contributed by atoms with Crippen LogP contribution < -0.4 is 4.90 Å². The molecule has 2 heteroatoms. The molecule has 0 saturated heterocycles. The number of benzene rings is 11. The number of hydrogen-bond donors (Lipinski definition) is 0. The predicted molar refractivity (Wildman–Crippen MR) is 281 cm³/mol. The summed E-state index contributed by atoms with van der Waals surface area (Å²) in [7, 11) is 0. The second-order valence-electron chi connectivity index (χ2n) is 17.6. The van der Waals surface area contributed by atoms with Crippen molar-refractivity contribution in [3.05, 3.63) is 289 Å². The lowest BCUT2D eigenvalue weighted by Crippen LogP contribution is -2.28. The average Bonchev–Trinajstić information content (AvgIpc) is 3.90. The van der Waals surface area contributed by atoms with Crippen molar-refractivity contribution in [1.82, 2.24) is 4.57 Å². The quantitative estimate of drug-likeness (QED) is 0.148. The van der Waals surface area contributed by atoms with Gasteiger partial charge in [-0.25, -0.2) is 0 Å². The zero-order chi connectivity index (χ0) is 44.3. The van der Waals surface area contributed by atoms with Gasteiger partial charge >= 0.3 is 0 Å². The van der Waals surface area contributed by atoms with Gasteiger partial charge in [0.15, 0.2) is 0 Å². The molecule has 13 rings (SSSR count). The highest BCUT2D eigenvalue weighted by atomic mass is 15.1. The van der Waals surface area contributed by atoms with Gasteiger partial charge in [0.2, 0.25) is 0 Å². The van der Waals surface area contributed by atoms with Crippen molar-refractivity contribution in [3.63, 3.8) is 0 Å². The molecule has 11 aromatic carbocycles. The largest absolute Gasteiger partial charge is 0.310 e. The molecule has 12 aromatic rings. The van der Waals surface area contributed by atoms with Crippen LogP contribution in [0.25, 0.3) is 71.6 Å². The number of anilines is 3. The molecule has 1 aliphatic rings. The van der Waals surface area contributed by atoms with Crippen LogP contribution in [-0.4, -0.2) is 4.57 Å². The maximum absolute atomic E-state index is 2.48. The van der Waals surface area contributed by atoms with Crippen molar-refractivity contribution in [2.24, 2.45) is 0 Å². The summed E-state index contributed by atoms with van der Waals surface area (Å²) < 4.78 is 2.38. The SMILES string of the molecule is c1ccc(-c2ccc(N(c3cccc(-c4ccc5c(c4)c4ccccc4n5-c4ccccc4)c3)c3ccc4c(c3)C(c3ccccc3)(c3ccccc3)c3ccc5ccccc5c3-4)cc2)cc1. The highest BCUT2D eigenvalue weighted by Gasteiger charge is 2.47. The van der Waals surface area contributed by atoms with Crippen molar-refractivity contribution in [2.75, 3.05) is 4.90 Å². The van der Waals surface area contributed by atoms with Crippen LogP contribution in [0, 0.1) is 0 Å². The molecule has 1 heterocycles. The third kappa shape index (κ3) is 6.18. The molecule has 67 heavy (non-hydrogen) atoms. The molecule has 0 aliphatic heterocycles. The molecule has 0 atom stereocenters. The first-order valence-corrected chi connectivity index (χ1v) is 23.2. The number of nitrogens with zero attached hydrogens (tertiary/aromatic N) is 2. The van der Waals surface area contributed by atoms with Crippen LogP contribution in [0.5, 0.6) is 0 Å². The zero-order valence-electron chi connectivity index (χ0n) is 36.8. The van der Waals surface area contributed by atoms with Crippen LogP contribution in [0.4, 0.5) is 17.1 Å². The van der Waals surface area contributed by atoms with E-state index in [4.69, 9.17) is 0 Å². The van der Waals surface area contributed by atoms with Crippen molar-refractivity contribution in [1.29, 1.82) is 0 Å². The molecular formula is C65H44N2. The molecule has 0 unspecified atom stereocenters. The number of rotatable bonds is 8. The van der Waals surface area contributed by atoms with Gasteiger partial charge in [-0.3, -0.25) is 0 Å². The smallest absolute Gasteiger partial charge is 0.0714 e. The molecule has 0 amide bonds. The van der Waals surface area contributed by atoms with E-state index in [2.05, 4.69) is 276 Å². The number of hydrogen-bond acceptors (Lipinski definition) is 1. The van der Waals surface area contributed by atoms with Gasteiger partial charge in [0.25, 0.3) is 0 Å². The summed E-state index contributed by atoms with van der Waals surface area (Å²) in [4.78, 5) is 2.44. The topological polar surface area (TPSA) is 8.17 Å². The lowest BCUT2D eigenvalue weighted by Gasteiger charge is -2.35. The molecule has 1 aliphatic carbocycles. The first-order chi connectivity index (χ1) is 33.2. The molecule has 0 bridgehead atoms. The second-order valence-corrected chi connectivity index (χ2v) is 17.6. The van der Waals surface area contributed by atoms with Crippen LogP contribution in [0.2, 0.25) is 0 Å². The summed E-state index contributed by atoms with van der Waals surface area (Å²) >= 11 is 0. The van der Waals surface area contributed by atoms with E-state index in [1.54, 1.807) is 0 Å². The van der Waals surface area contributed by atoms with E-state index in [1.807, 2.05) is 0 Å². The molecule has 2 nitrogen and oxygen atoms in total. The fourth-order valence-corrected chi connectivity index (χ4v) is 11.1. The standard InChI is InChI=1S/C65H44N2/c1-5-18-45(19-6-1)46-32-36-53(37-33-46)66(54-28-17-21-48(42-54)49-35-41-63-59(43-49)57-30-15-16-31-62(57)67(63)52-26-11-4-12-27-52)55-38-39-58-61(44-55)65(50-22-7-2-8-23-50,51-24-9-3-10-25-51)60-40-34-47-20-13-14-29-56(47)64(58)60/h1-44H. The van der Waals surface area contributed by atoms with Crippen molar-refractivity contribution < 1.29 is 0 Å². The molecule has 314 valence electrons. The van der Waals surface area contributed by atoms with Crippen LogP contribution in [0.15, 0.2) is 267 Å². The normalized spacial score (nSPS) is 12.6. The zero-order valence-corrected chi connectivity index (χ0v) is 36.8. The highest BCUT2D eigenvalue weighted by molar-refractivity contribution is 6.10. The minimum atomic E-state index is -0.563. The Bertz CT molecular complexity index is 3740. The Labute approximate surface area is 390 Å². The van der Waals surface area contributed by atoms with Crippen LogP contribution >= 0.6 is 0 Å². The van der Waals surface area contributed by atoms with Crippen molar-refractivity contribution in [2.45, 2.75) is 5.41 Å². The summed E-state index contributed by atoms with van der Waals surface area (Å²) in [6.45, 7) is 0. The van der Waals surface area contributed by atoms with Gasteiger partial charge < -0.3 is 9.47 Å². The third-order valence-corrected chi connectivity index (χ3v) is 14.0. The minimum absolute atomic E-state index is 0.563. The summed E-state index contributed by atoms with van der Waals surface area (Å²) in [6, 6.07) is 98.1. The van der Waals surface area contributed by atoms with Crippen LogP contribution in [0.1, 0.15) is 22.3 Å². The van der Waals surface area contributed by atoms with E-state index in [0.717, 1.165) is 28.3 Å². The summed E-state index contributed by atoms with van der Waals surface area (Å²) in [5, 5.41) is 4.99. The predicted octanol–water partition coefficient (Wildman–Crippen LogP) is 17.1. The van der Waals surface area contributed by atoms with Gasteiger partial charge in [0, 0.05) is 33.5 Å². The van der Waals surface area contributed by atoms with Gasteiger partial charge in [-0.1, -0.05) is 200 Å². The number of para-hydroxylation sites is 2. The molecule has 0 N–H and O–H groups in total. The maximum atomic E-state index is 2.48. The number of fused-ring (bicyclic) bond motifs is 8. The van der Waals surface area contributed by atoms with Crippen LogP contribution in [-0.2, 0) is 5.41 Å². The first-order valence-electron chi connectivity index (χ1n) is 23.2. The molecule has 0 spiro atoms.